The maximum absolute atomic E-state index is 12.6. The van der Waals surface area contributed by atoms with Crippen molar-refractivity contribution in [3.63, 3.8) is 0 Å². The number of carboxylic acid groups (broad SMARTS) is 2. The fourth-order valence-electron chi connectivity index (χ4n) is 2.62. The summed E-state index contributed by atoms with van der Waals surface area (Å²) in [4.78, 5) is 59.3. The van der Waals surface area contributed by atoms with Gasteiger partial charge in [0, 0.05) is 6.42 Å². The number of carbonyl (C=O) groups excluding carboxylic acids is 3. The molecule has 32 heavy (non-hydrogen) atoms. The van der Waals surface area contributed by atoms with Crippen LogP contribution in [-0.2, 0) is 24.0 Å². The van der Waals surface area contributed by atoms with Gasteiger partial charge < -0.3 is 37.0 Å². The molecule has 0 aliphatic heterocycles. The molecule has 4 atom stereocenters. The number of rotatable bonds is 16. The van der Waals surface area contributed by atoms with E-state index in [-0.39, 0.29) is 31.6 Å². The van der Waals surface area contributed by atoms with E-state index < -0.39 is 60.4 Å². The van der Waals surface area contributed by atoms with Crippen LogP contribution in [0.25, 0.3) is 0 Å². The molecule has 0 heterocycles. The molecule has 4 unspecified atom stereocenters. The third-order valence-electron chi connectivity index (χ3n) is 4.39. The summed E-state index contributed by atoms with van der Waals surface area (Å²) < 4.78 is 0. The molecule has 12 nitrogen and oxygen atoms in total. The van der Waals surface area contributed by atoms with Crippen LogP contribution in [0.15, 0.2) is 0 Å². The first-order chi connectivity index (χ1) is 14.9. The molecule has 0 spiro atoms. The van der Waals surface area contributed by atoms with Crippen LogP contribution in [0, 0.1) is 5.92 Å². The zero-order valence-electron chi connectivity index (χ0n) is 18.5. The van der Waals surface area contributed by atoms with Crippen molar-refractivity contribution < 1.29 is 39.3 Å². The van der Waals surface area contributed by atoms with E-state index in [1.165, 1.54) is 11.8 Å². The van der Waals surface area contributed by atoms with Crippen molar-refractivity contribution in [3.05, 3.63) is 0 Å². The second kappa shape index (κ2) is 15.4. The highest BCUT2D eigenvalue weighted by Gasteiger charge is 2.30. The second-order valence-corrected chi connectivity index (χ2v) is 8.64. The quantitative estimate of drug-likeness (QED) is 0.137. The van der Waals surface area contributed by atoms with Crippen LogP contribution in [0.4, 0.5) is 0 Å². The van der Waals surface area contributed by atoms with Gasteiger partial charge in [0.1, 0.15) is 18.1 Å². The Balaban J connectivity index is 5.18. The molecule has 0 bridgehead atoms. The molecule has 0 radical (unpaired) electrons. The number of aliphatic carboxylic acids is 2. The number of hydrogen-bond acceptors (Lipinski definition) is 8. The first-order valence-corrected chi connectivity index (χ1v) is 11.5. The highest BCUT2D eigenvalue weighted by molar-refractivity contribution is 7.98. The molecular formula is C19H34N4O8S. The van der Waals surface area contributed by atoms with Crippen molar-refractivity contribution >= 4 is 41.4 Å². The van der Waals surface area contributed by atoms with Crippen molar-refractivity contribution in [1.29, 1.82) is 0 Å². The average molecular weight is 479 g/mol. The van der Waals surface area contributed by atoms with Gasteiger partial charge in [0.25, 0.3) is 0 Å². The van der Waals surface area contributed by atoms with Gasteiger partial charge in [-0.15, -0.1) is 0 Å². The molecule has 0 aromatic rings. The monoisotopic (exact) mass is 478 g/mol. The first-order valence-electron chi connectivity index (χ1n) is 10.1. The molecule has 0 aromatic carbocycles. The van der Waals surface area contributed by atoms with Crippen LogP contribution in [0.3, 0.4) is 0 Å². The SMILES string of the molecule is CSCCC(NC(=O)C(CO)NC(=O)C(N)CCC(=O)O)C(=O)NC(CC(C)C)C(=O)O. The van der Waals surface area contributed by atoms with Crippen LogP contribution in [0.5, 0.6) is 0 Å². The van der Waals surface area contributed by atoms with E-state index in [0.29, 0.717) is 5.75 Å². The largest absolute Gasteiger partial charge is 0.481 e. The fourth-order valence-corrected chi connectivity index (χ4v) is 3.10. The maximum atomic E-state index is 12.6. The summed E-state index contributed by atoms with van der Waals surface area (Å²) in [6, 6.07) is -4.84. The Kier molecular flexibility index (Phi) is 14.3. The Labute approximate surface area is 191 Å². The third-order valence-corrected chi connectivity index (χ3v) is 5.03. The predicted molar refractivity (Wildman–Crippen MR) is 118 cm³/mol. The summed E-state index contributed by atoms with van der Waals surface area (Å²) >= 11 is 1.42. The zero-order chi connectivity index (χ0) is 24.8. The van der Waals surface area contributed by atoms with Gasteiger partial charge in [0.15, 0.2) is 0 Å². The lowest BCUT2D eigenvalue weighted by atomic mass is 10.0. The lowest BCUT2D eigenvalue weighted by Crippen LogP contribution is -2.58. The molecule has 3 amide bonds. The number of carboxylic acids is 2. The molecule has 8 N–H and O–H groups in total. The summed E-state index contributed by atoms with van der Waals surface area (Å²) in [7, 11) is 0. The zero-order valence-corrected chi connectivity index (χ0v) is 19.3. The summed E-state index contributed by atoms with van der Waals surface area (Å²) in [6.45, 7) is 2.83. The molecule has 184 valence electrons. The topological polar surface area (TPSA) is 208 Å². The van der Waals surface area contributed by atoms with Gasteiger partial charge in [-0.3, -0.25) is 19.2 Å². The van der Waals surface area contributed by atoms with Crippen LogP contribution in [-0.4, -0.2) is 87.8 Å². The predicted octanol–water partition coefficient (Wildman–Crippen LogP) is -1.49. The second-order valence-electron chi connectivity index (χ2n) is 7.65. The Hall–Kier alpha value is -2.38. The van der Waals surface area contributed by atoms with E-state index in [9.17, 15) is 34.2 Å². The third kappa shape index (κ3) is 11.9. The number of amides is 3. The van der Waals surface area contributed by atoms with E-state index in [1.54, 1.807) is 6.26 Å². The highest BCUT2D eigenvalue weighted by Crippen LogP contribution is 2.07. The van der Waals surface area contributed by atoms with E-state index in [1.807, 2.05) is 13.8 Å². The van der Waals surface area contributed by atoms with Gasteiger partial charge in [0.2, 0.25) is 17.7 Å². The molecular weight excluding hydrogens is 444 g/mol. The molecule has 0 fully saturated rings. The molecule has 0 saturated heterocycles. The van der Waals surface area contributed by atoms with E-state index in [2.05, 4.69) is 16.0 Å². The molecule has 0 saturated carbocycles. The van der Waals surface area contributed by atoms with Crippen LogP contribution < -0.4 is 21.7 Å². The summed E-state index contributed by atoms with van der Waals surface area (Å²) in [6.07, 6.45) is 1.68. The fraction of sp³-hybridized carbons (Fsp3) is 0.737. The summed E-state index contributed by atoms with van der Waals surface area (Å²) in [5, 5.41) is 34.6. The van der Waals surface area contributed by atoms with Gasteiger partial charge in [-0.2, -0.15) is 11.8 Å². The minimum atomic E-state index is -1.42. The minimum Gasteiger partial charge on any atom is -0.481 e. The molecule has 0 aliphatic carbocycles. The molecule has 0 aliphatic rings. The lowest BCUT2D eigenvalue weighted by Gasteiger charge is -2.24. The van der Waals surface area contributed by atoms with E-state index in [4.69, 9.17) is 10.8 Å². The Morgan fingerprint density at radius 3 is 1.88 bits per heavy atom. The van der Waals surface area contributed by atoms with Crippen molar-refractivity contribution in [1.82, 2.24) is 16.0 Å². The van der Waals surface area contributed by atoms with Gasteiger partial charge in [0.05, 0.1) is 12.6 Å². The normalized spacial score (nSPS) is 14.7. The number of hydrogen-bond donors (Lipinski definition) is 7. The van der Waals surface area contributed by atoms with Crippen molar-refractivity contribution in [2.75, 3.05) is 18.6 Å². The van der Waals surface area contributed by atoms with Crippen LogP contribution >= 0.6 is 11.8 Å². The van der Waals surface area contributed by atoms with Gasteiger partial charge in [-0.05, 0) is 37.2 Å². The molecule has 0 rings (SSSR count). The molecule has 13 heteroatoms. The Bertz CT molecular complexity index is 661. The van der Waals surface area contributed by atoms with Crippen LogP contribution in [0.1, 0.15) is 39.5 Å². The number of thioether (sulfide) groups is 1. The minimum absolute atomic E-state index is 0.00922. The van der Waals surface area contributed by atoms with Crippen molar-refractivity contribution in [2.45, 2.75) is 63.7 Å². The number of carbonyl (C=O) groups is 5. The number of nitrogens with one attached hydrogen (secondary N) is 3. The standard InChI is InChI=1S/C19H34N4O8S/c1-10(2)8-13(19(30)31)22-17(28)12(6-7-32-3)21-18(29)14(9-24)23-16(27)11(20)4-5-15(25)26/h10-14,24H,4-9,20H2,1-3H3,(H,21,29)(H,22,28)(H,23,27)(H,25,26)(H,30,31). The molecule has 0 aromatic heterocycles. The van der Waals surface area contributed by atoms with Crippen molar-refractivity contribution in [2.24, 2.45) is 11.7 Å². The summed E-state index contributed by atoms with van der Waals surface area (Å²) in [5.74, 6) is -4.22. The lowest BCUT2D eigenvalue weighted by molar-refractivity contribution is -0.143. The van der Waals surface area contributed by atoms with Gasteiger partial charge in [-0.25, -0.2) is 4.79 Å². The average Bonchev–Trinajstić information content (AvgIpc) is 2.71. The summed E-state index contributed by atoms with van der Waals surface area (Å²) in [5.41, 5.74) is 5.60. The van der Waals surface area contributed by atoms with Gasteiger partial charge in [-0.1, -0.05) is 13.8 Å². The number of aliphatic hydroxyl groups is 1. The Morgan fingerprint density at radius 1 is 0.875 bits per heavy atom. The van der Waals surface area contributed by atoms with Crippen molar-refractivity contribution in [3.8, 4) is 0 Å². The highest BCUT2D eigenvalue weighted by atomic mass is 32.2. The number of aliphatic hydroxyl groups excluding tert-OH is 1. The van der Waals surface area contributed by atoms with Crippen LogP contribution in [0.2, 0.25) is 0 Å². The first kappa shape index (κ1) is 29.6. The van der Waals surface area contributed by atoms with E-state index in [0.717, 1.165) is 0 Å². The van der Waals surface area contributed by atoms with E-state index >= 15 is 0 Å². The smallest absolute Gasteiger partial charge is 0.326 e. The Morgan fingerprint density at radius 2 is 1.41 bits per heavy atom. The van der Waals surface area contributed by atoms with Gasteiger partial charge >= 0.3 is 11.9 Å². The number of nitrogens with two attached hydrogens (primary N) is 1. The maximum Gasteiger partial charge on any atom is 0.326 e.